The van der Waals surface area contributed by atoms with Gasteiger partial charge in [0.2, 0.25) is 0 Å². The van der Waals surface area contributed by atoms with Gasteiger partial charge in [-0.15, -0.1) is 34.2 Å². The highest BCUT2D eigenvalue weighted by atomic mass is 127. The first-order valence-corrected chi connectivity index (χ1v) is 8.80. The van der Waals surface area contributed by atoms with Crippen molar-refractivity contribution < 1.29 is 0 Å². The van der Waals surface area contributed by atoms with Crippen LogP contribution in [-0.4, -0.2) is 34.2 Å². The van der Waals surface area contributed by atoms with Crippen LogP contribution in [0.2, 0.25) is 0 Å². The largest absolute Gasteiger partial charge is 0.356 e. The molecule has 0 radical (unpaired) electrons. The van der Waals surface area contributed by atoms with Crippen LogP contribution in [0.1, 0.15) is 30.8 Å². The molecule has 0 saturated heterocycles. The number of hydrogen-bond donors (Lipinski definition) is 2. The lowest BCUT2D eigenvalue weighted by Crippen LogP contribution is -2.43. The lowest BCUT2D eigenvalue weighted by Gasteiger charge is -2.27. The van der Waals surface area contributed by atoms with E-state index in [9.17, 15) is 0 Å². The predicted octanol–water partition coefficient (Wildman–Crippen LogP) is 3.30. The second-order valence-corrected chi connectivity index (χ2v) is 7.08. The summed E-state index contributed by atoms with van der Waals surface area (Å²) in [4.78, 5) is 4.32. The molecule has 3 rings (SSSR count). The minimum absolute atomic E-state index is 0. The van der Waals surface area contributed by atoms with Crippen LogP contribution in [0.5, 0.6) is 0 Å². The molecule has 0 aliphatic carbocycles. The fourth-order valence-corrected chi connectivity index (χ4v) is 2.87. The second kappa shape index (κ2) is 9.16. The molecule has 0 amide bonds. The van der Waals surface area contributed by atoms with Crippen molar-refractivity contribution in [3.8, 4) is 0 Å². The number of guanidine groups is 1. The Balaban J connectivity index is 0.00000261. The Hall–Kier alpha value is -2.16. The molecule has 0 unspecified atom stereocenters. The van der Waals surface area contributed by atoms with Gasteiger partial charge in [-0.1, -0.05) is 49.7 Å². The molecule has 27 heavy (non-hydrogen) atoms. The molecule has 7 heteroatoms. The zero-order valence-corrected chi connectivity index (χ0v) is 18.6. The monoisotopic (exact) mass is 478 g/mol. The summed E-state index contributed by atoms with van der Waals surface area (Å²) in [7, 11) is 1.77. The molecule has 6 nitrogen and oxygen atoms in total. The fourth-order valence-electron chi connectivity index (χ4n) is 2.87. The van der Waals surface area contributed by atoms with Crippen LogP contribution in [0.4, 0.5) is 0 Å². The predicted molar refractivity (Wildman–Crippen MR) is 121 cm³/mol. The first kappa shape index (κ1) is 21.1. The Kier molecular flexibility index (Phi) is 7.18. The average molecular weight is 478 g/mol. The number of pyridine rings is 1. The zero-order valence-electron chi connectivity index (χ0n) is 16.2. The first-order valence-electron chi connectivity index (χ1n) is 8.80. The van der Waals surface area contributed by atoms with Gasteiger partial charge in [-0.25, -0.2) is 0 Å². The van der Waals surface area contributed by atoms with Crippen molar-refractivity contribution in [2.75, 3.05) is 13.6 Å². The maximum Gasteiger partial charge on any atom is 0.191 e. The summed E-state index contributed by atoms with van der Waals surface area (Å²) in [6.45, 7) is 7.91. The van der Waals surface area contributed by atoms with Gasteiger partial charge in [0.25, 0.3) is 0 Å². The van der Waals surface area contributed by atoms with Gasteiger partial charge in [0.05, 0.1) is 6.54 Å². The molecule has 1 aromatic carbocycles. The van der Waals surface area contributed by atoms with Gasteiger partial charge >= 0.3 is 0 Å². The Morgan fingerprint density at radius 1 is 1.11 bits per heavy atom. The van der Waals surface area contributed by atoms with E-state index < -0.39 is 0 Å². The molecular formula is C20H27IN6. The third-order valence-electron chi connectivity index (χ3n) is 4.52. The van der Waals surface area contributed by atoms with Gasteiger partial charge < -0.3 is 10.6 Å². The summed E-state index contributed by atoms with van der Waals surface area (Å²) in [5, 5.41) is 15.1. The van der Waals surface area contributed by atoms with Gasteiger partial charge in [-0.05, 0) is 24.6 Å². The Labute approximate surface area is 177 Å². The number of aryl methyl sites for hydroxylation is 1. The molecule has 0 fully saturated rings. The third-order valence-corrected chi connectivity index (χ3v) is 4.52. The smallest absolute Gasteiger partial charge is 0.191 e. The number of halogens is 1. The van der Waals surface area contributed by atoms with Crippen molar-refractivity contribution in [1.82, 2.24) is 25.2 Å². The van der Waals surface area contributed by atoms with Crippen molar-refractivity contribution in [3.63, 3.8) is 0 Å². The van der Waals surface area contributed by atoms with Gasteiger partial charge in [-0.2, -0.15) is 0 Å². The fraction of sp³-hybridized carbons (Fsp3) is 0.350. The summed E-state index contributed by atoms with van der Waals surface area (Å²) in [6.07, 6.45) is 1.96. The van der Waals surface area contributed by atoms with E-state index >= 15 is 0 Å². The first-order chi connectivity index (χ1) is 12.5. The molecule has 0 saturated carbocycles. The van der Waals surface area contributed by atoms with Crippen LogP contribution in [0.25, 0.3) is 5.65 Å². The second-order valence-electron chi connectivity index (χ2n) is 7.08. The van der Waals surface area contributed by atoms with Gasteiger partial charge in [0.1, 0.15) is 0 Å². The Morgan fingerprint density at radius 2 is 1.93 bits per heavy atom. The van der Waals surface area contributed by atoms with Crippen LogP contribution in [-0.2, 0) is 12.0 Å². The minimum Gasteiger partial charge on any atom is -0.356 e. The summed E-state index contributed by atoms with van der Waals surface area (Å²) in [5.41, 5.74) is 3.42. The van der Waals surface area contributed by atoms with Gasteiger partial charge in [-0.3, -0.25) is 9.39 Å². The molecule has 0 atom stereocenters. The Bertz CT molecular complexity index is 915. The summed E-state index contributed by atoms with van der Waals surface area (Å²) < 4.78 is 1.97. The molecule has 2 aromatic heterocycles. The normalized spacial score (nSPS) is 11.9. The highest BCUT2D eigenvalue weighted by molar-refractivity contribution is 14.0. The van der Waals surface area contributed by atoms with Gasteiger partial charge in [0, 0.05) is 25.2 Å². The van der Waals surface area contributed by atoms with Crippen LogP contribution in [0.15, 0.2) is 53.7 Å². The molecule has 2 N–H and O–H groups in total. The number of hydrogen-bond acceptors (Lipinski definition) is 3. The van der Waals surface area contributed by atoms with Crippen LogP contribution >= 0.6 is 24.0 Å². The molecule has 0 bridgehead atoms. The minimum atomic E-state index is -0.00873. The average Bonchev–Trinajstić information content (AvgIpc) is 3.05. The summed E-state index contributed by atoms with van der Waals surface area (Å²) in [6, 6.07) is 14.5. The number of benzene rings is 1. The molecule has 0 aliphatic rings. The van der Waals surface area contributed by atoms with Crippen molar-refractivity contribution in [1.29, 1.82) is 0 Å². The number of nitrogens with one attached hydrogen (secondary N) is 2. The van der Waals surface area contributed by atoms with Gasteiger partial charge in [0.15, 0.2) is 17.4 Å². The molecular weight excluding hydrogens is 451 g/mol. The van der Waals surface area contributed by atoms with E-state index in [0.717, 1.165) is 24.0 Å². The highest BCUT2D eigenvalue weighted by Gasteiger charge is 2.21. The Morgan fingerprint density at radius 3 is 2.67 bits per heavy atom. The van der Waals surface area contributed by atoms with E-state index in [1.165, 1.54) is 11.1 Å². The van der Waals surface area contributed by atoms with E-state index in [1.54, 1.807) is 7.05 Å². The SMILES string of the molecule is CN=C(NCc1nnc2ccccn12)NCC(C)(C)c1cccc(C)c1.I. The van der Waals surface area contributed by atoms with E-state index in [1.807, 2.05) is 28.8 Å². The van der Waals surface area contributed by atoms with Crippen LogP contribution < -0.4 is 10.6 Å². The quantitative estimate of drug-likeness (QED) is 0.336. The van der Waals surface area contributed by atoms with Crippen molar-refractivity contribution in [3.05, 3.63) is 65.6 Å². The molecule has 0 aliphatic heterocycles. The lowest BCUT2D eigenvalue weighted by molar-refractivity contribution is 0.508. The number of aliphatic imine (C=N–C) groups is 1. The topological polar surface area (TPSA) is 66.6 Å². The number of rotatable bonds is 5. The number of fused-ring (bicyclic) bond motifs is 1. The van der Waals surface area contributed by atoms with E-state index in [0.29, 0.717) is 6.54 Å². The number of aromatic nitrogens is 3. The van der Waals surface area contributed by atoms with Crippen LogP contribution in [0.3, 0.4) is 0 Å². The van der Waals surface area contributed by atoms with Crippen LogP contribution in [0, 0.1) is 6.92 Å². The van der Waals surface area contributed by atoms with E-state index in [4.69, 9.17) is 0 Å². The molecule has 2 heterocycles. The zero-order chi connectivity index (χ0) is 18.6. The highest BCUT2D eigenvalue weighted by Crippen LogP contribution is 2.22. The van der Waals surface area contributed by atoms with E-state index in [2.05, 4.69) is 70.9 Å². The lowest BCUT2D eigenvalue weighted by atomic mass is 9.84. The number of nitrogens with zero attached hydrogens (tertiary/aromatic N) is 4. The molecule has 3 aromatic rings. The molecule has 144 valence electrons. The molecule has 0 spiro atoms. The van der Waals surface area contributed by atoms with Crippen molar-refractivity contribution in [2.45, 2.75) is 32.7 Å². The summed E-state index contributed by atoms with van der Waals surface area (Å²) >= 11 is 0. The van der Waals surface area contributed by atoms with Crippen molar-refractivity contribution >= 4 is 35.6 Å². The van der Waals surface area contributed by atoms with E-state index in [-0.39, 0.29) is 29.4 Å². The third kappa shape index (κ3) is 5.18. The summed E-state index contributed by atoms with van der Waals surface area (Å²) in [5.74, 6) is 1.60. The maximum absolute atomic E-state index is 4.32. The standard InChI is InChI=1S/C20H26N6.HI/c1-15-8-7-9-16(12-15)20(2,3)14-23-19(21-4)22-13-18-25-24-17-10-5-6-11-26(17)18;/h5-12H,13-14H2,1-4H3,(H2,21,22,23);1H. The van der Waals surface area contributed by atoms with Crippen molar-refractivity contribution in [2.24, 2.45) is 4.99 Å². The maximum atomic E-state index is 4.32.